The van der Waals surface area contributed by atoms with Gasteiger partial charge >= 0.3 is 0 Å². The van der Waals surface area contributed by atoms with Gasteiger partial charge in [-0.3, -0.25) is 4.79 Å². The highest BCUT2D eigenvalue weighted by Crippen LogP contribution is 2.10. The van der Waals surface area contributed by atoms with Crippen LogP contribution in [-0.2, 0) is 11.2 Å². The average molecular weight is 202 g/mol. The van der Waals surface area contributed by atoms with Crippen LogP contribution in [0.5, 0.6) is 0 Å². The van der Waals surface area contributed by atoms with Gasteiger partial charge in [-0.05, 0) is 30.9 Å². The standard InChI is InChI=1S/C13H16NO/c15-13(14-9-5-2-6-10-14)11-12-7-3-1-4-8-12/h1,3-4,7H,2,5-6,9-11H2. The molecule has 1 saturated heterocycles. The summed E-state index contributed by atoms with van der Waals surface area (Å²) in [4.78, 5) is 13.8. The van der Waals surface area contributed by atoms with Crippen molar-refractivity contribution in [3.05, 3.63) is 35.9 Å². The first kappa shape index (κ1) is 10.2. The van der Waals surface area contributed by atoms with Crippen LogP contribution < -0.4 is 0 Å². The number of rotatable bonds is 2. The lowest BCUT2D eigenvalue weighted by molar-refractivity contribution is -0.131. The predicted molar refractivity (Wildman–Crippen MR) is 59.4 cm³/mol. The normalized spacial score (nSPS) is 16.4. The van der Waals surface area contributed by atoms with Gasteiger partial charge in [0.05, 0.1) is 6.42 Å². The second kappa shape index (κ2) is 4.96. The van der Waals surface area contributed by atoms with E-state index >= 15 is 0 Å². The third kappa shape index (κ3) is 2.82. The molecule has 1 radical (unpaired) electrons. The molecular weight excluding hydrogens is 186 g/mol. The summed E-state index contributed by atoms with van der Waals surface area (Å²) in [5, 5.41) is 0. The van der Waals surface area contributed by atoms with Gasteiger partial charge in [-0.1, -0.05) is 24.3 Å². The van der Waals surface area contributed by atoms with Crippen molar-refractivity contribution in [2.24, 2.45) is 0 Å². The van der Waals surface area contributed by atoms with Crippen LogP contribution in [0.25, 0.3) is 0 Å². The van der Waals surface area contributed by atoms with Crippen LogP contribution in [0.15, 0.2) is 24.3 Å². The number of hydrogen-bond donors (Lipinski definition) is 0. The van der Waals surface area contributed by atoms with Crippen molar-refractivity contribution < 1.29 is 4.79 Å². The molecule has 0 saturated carbocycles. The molecule has 0 N–H and O–H groups in total. The Morgan fingerprint density at radius 2 is 2.07 bits per heavy atom. The highest BCUT2D eigenvalue weighted by Gasteiger charge is 2.16. The minimum atomic E-state index is 0.247. The molecule has 1 aromatic carbocycles. The lowest BCUT2D eigenvalue weighted by Crippen LogP contribution is -2.36. The van der Waals surface area contributed by atoms with Crippen molar-refractivity contribution in [2.45, 2.75) is 25.7 Å². The van der Waals surface area contributed by atoms with E-state index in [1.807, 2.05) is 29.2 Å². The summed E-state index contributed by atoms with van der Waals surface area (Å²) in [6, 6.07) is 10.8. The molecule has 0 aromatic heterocycles. The van der Waals surface area contributed by atoms with Gasteiger partial charge in [-0.25, -0.2) is 0 Å². The lowest BCUT2D eigenvalue weighted by atomic mass is 10.1. The third-order valence-electron chi connectivity index (χ3n) is 2.82. The molecule has 2 rings (SSSR count). The molecule has 1 aliphatic heterocycles. The van der Waals surface area contributed by atoms with Gasteiger partial charge in [-0.2, -0.15) is 0 Å². The number of benzene rings is 1. The minimum Gasteiger partial charge on any atom is -0.342 e. The first-order valence-corrected chi connectivity index (χ1v) is 5.59. The van der Waals surface area contributed by atoms with Gasteiger partial charge in [0.15, 0.2) is 0 Å². The fourth-order valence-electron chi connectivity index (χ4n) is 1.96. The molecule has 1 aliphatic rings. The number of amides is 1. The molecule has 1 aromatic rings. The number of carbonyl (C=O) groups excluding carboxylic acids is 1. The first-order valence-electron chi connectivity index (χ1n) is 5.59. The van der Waals surface area contributed by atoms with Gasteiger partial charge < -0.3 is 4.90 Å². The van der Waals surface area contributed by atoms with Crippen LogP contribution in [0.4, 0.5) is 0 Å². The zero-order chi connectivity index (χ0) is 10.5. The van der Waals surface area contributed by atoms with Crippen molar-refractivity contribution in [2.75, 3.05) is 13.1 Å². The molecule has 79 valence electrons. The van der Waals surface area contributed by atoms with Crippen molar-refractivity contribution in [1.29, 1.82) is 0 Å². The van der Waals surface area contributed by atoms with Crippen LogP contribution in [0.2, 0.25) is 0 Å². The van der Waals surface area contributed by atoms with E-state index in [-0.39, 0.29) is 5.91 Å². The quantitative estimate of drug-likeness (QED) is 0.718. The molecule has 0 unspecified atom stereocenters. The highest BCUT2D eigenvalue weighted by molar-refractivity contribution is 5.78. The van der Waals surface area contributed by atoms with E-state index in [0.717, 1.165) is 31.5 Å². The zero-order valence-corrected chi connectivity index (χ0v) is 8.91. The molecular formula is C13H16NO. The van der Waals surface area contributed by atoms with Crippen LogP contribution >= 0.6 is 0 Å². The molecule has 15 heavy (non-hydrogen) atoms. The number of carbonyl (C=O) groups is 1. The molecule has 2 heteroatoms. The van der Waals surface area contributed by atoms with Gasteiger partial charge in [0.25, 0.3) is 0 Å². The Labute approximate surface area is 90.9 Å². The Kier molecular flexibility index (Phi) is 3.38. The van der Waals surface area contributed by atoms with E-state index in [9.17, 15) is 4.79 Å². The minimum absolute atomic E-state index is 0.247. The summed E-state index contributed by atoms with van der Waals surface area (Å²) in [5.74, 6) is 0.247. The maximum atomic E-state index is 11.9. The fraction of sp³-hybridized carbons (Fsp3) is 0.462. The van der Waals surface area contributed by atoms with Crippen molar-refractivity contribution in [3.8, 4) is 0 Å². The maximum absolute atomic E-state index is 11.9. The maximum Gasteiger partial charge on any atom is 0.227 e. The lowest BCUT2D eigenvalue weighted by Gasteiger charge is -2.26. The van der Waals surface area contributed by atoms with E-state index in [1.165, 1.54) is 6.42 Å². The second-order valence-electron chi connectivity index (χ2n) is 4.01. The Bertz CT molecular complexity index is 315. The summed E-state index contributed by atoms with van der Waals surface area (Å²) in [7, 11) is 0. The van der Waals surface area contributed by atoms with Crippen LogP contribution in [0.3, 0.4) is 0 Å². The first-order chi connectivity index (χ1) is 7.36. The van der Waals surface area contributed by atoms with E-state index in [0.29, 0.717) is 6.42 Å². The second-order valence-corrected chi connectivity index (χ2v) is 4.01. The summed E-state index contributed by atoms with van der Waals surface area (Å²) >= 11 is 0. The van der Waals surface area contributed by atoms with E-state index in [4.69, 9.17) is 0 Å². The molecule has 2 nitrogen and oxygen atoms in total. The molecule has 0 spiro atoms. The Morgan fingerprint density at radius 3 is 2.73 bits per heavy atom. The topological polar surface area (TPSA) is 20.3 Å². The summed E-state index contributed by atoms with van der Waals surface area (Å²) in [6.45, 7) is 1.87. The van der Waals surface area contributed by atoms with Gasteiger partial charge in [0, 0.05) is 13.1 Å². The average Bonchev–Trinajstić information content (AvgIpc) is 2.31. The predicted octanol–water partition coefficient (Wildman–Crippen LogP) is 2.04. The smallest absolute Gasteiger partial charge is 0.227 e. The van der Waals surface area contributed by atoms with E-state index in [1.54, 1.807) is 0 Å². The summed E-state index contributed by atoms with van der Waals surface area (Å²) in [6.07, 6.45) is 4.08. The van der Waals surface area contributed by atoms with Crippen molar-refractivity contribution >= 4 is 5.91 Å². The third-order valence-corrected chi connectivity index (χ3v) is 2.82. The number of nitrogens with zero attached hydrogens (tertiary/aromatic N) is 1. The van der Waals surface area contributed by atoms with Gasteiger partial charge in [-0.15, -0.1) is 0 Å². The molecule has 0 aliphatic carbocycles. The summed E-state index contributed by atoms with van der Waals surface area (Å²) < 4.78 is 0. The molecule has 1 fully saturated rings. The molecule has 1 heterocycles. The Balaban J connectivity index is 1.91. The summed E-state index contributed by atoms with van der Waals surface area (Å²) in [5.41, 5.74) is 0.994. The number of hydrogen-bond acceptors (Lipinski definition) is 1. The Hall–Kier alpha value is -1.31. The number of piperidine rings is 1. The van der Waals surface area contributed by atoms with Gasteiger partial charge in [0.1, 0.15) is 0 Å². The highest BCUT2D eigenvalue weighted by atomic mass is 16.2. The van der Waals surface area contributed by atoms with Crippen molar-refractivity contribution in [1.82, 2.24) is 4.90 Å². The number of likely N-dealkylation sites (tertiary alicyclic amines) is 1. The Morgan fingerprint density at radius 1 is 1.27 bits per heavy atom. The van der Waals surface area contributed by atoms with Gasteiger partial charge in [0.2, 0.25) is 5.91 Å². The largest absolute Gasteiger partial charge is 0.342 e. The van der Waals surface area contributed by atoms with E-state index < -0.39 is 0 Å². The fourth-order valence-corrected chi connectivity index (χ4v) is 1.96. The van der Waals surface area contributed by atoms with Crippen LogP contribution in [0, 0.1) is 6.07 Å². The monoisotopic (exact) mass is 202 g/mol. The molecule has 0 atom stereocenters. The molecule has 1 amide bonds. The van der Waals surface area contributed by atoms with E-state index in [2.05, 4.69) is 6.07 Å². The SMILES string of the molecule is O=C(Cc1[c]cccc1)N1CCCCC1. The van der Waals surface area contributed by atoms with Crippen LogP contribution in [0.1, 0.15) is 24.8 Å². The van der Waals surface area contributed by atoms with Crippen LogP contribution in [-0.4, -0.2) is 23.9 Å². The molecule has 0 bridgehead atoms. The zero-order valence-electron chi connectivity index (χ0n) is 8.91. The van der Waals surface area contributed by atoms with Crippen molar-refractivity contribution in [3.63, 3.8) is 0 Å².